The van der Waals surface area contributed by atoms with Gasteiger partial charge in [0.1, 0.15) is 6.33 Å². The van der Waals surface area contributed by atoms with E-state index in [4.69, 9.17) is 4.74 Å². The van der Waals surface area contributed by atoms with E-state index in [1.165, 1.54) is 0 Å². The molecule has 23 heavy (non-hydrogen) atoms. The van der Waals surface area contributed by atoms with Gasteiger partial charge in [0, 0.05) is 25.9 Å². The maximum Gasteiger partial charge on any atom is 0.315 e. The number of nitrogens with one attached hydrogen (secondary N) is 2. The molecule has 2 aromatic rings. The van der Waals surface area contributed by atoms with Gasteiger partial charge in [0.25, 0.3) is 0 Å². The summed E-state index contributed by atoms with van der Waals surface area (Å²) in [5.41, 5.74) is 0.891. The smallest absolute Gasteiger partial charge is 0.315 e. The zero-order valence-electron chi connectivity index (χ0n) is 13.8. The molecular weight excluding hydrogens is 296 g/mol. The lowest BCUT2D eigenvalue weighted by Crippen LogP contribution is -2.37. The summed E-state index contributed by atoms with van der Waals surface area (Å²) in [5.74, 6) is 1.26. The van der Waals surface area contributed by atoms with Crippen LogP contribution in [0.2, 0.25) is 0 Å². The van der Waals surface area contributed by atoms with Crippen molar-refractivity contribution in [3.05, 3.63) is 36.0 Å². The van der Waals surface area contributed by atoms with Crippen LogP contribution in [0.5, 0.6) is 5.88 Å². The number of aromatic nitrogens is 4. The van der Waals surface area contributed by atoms with Crippen molar-refractivity contribution < 1.29 is 9.53 Å². The zero-order valence-corrected chi connectivity index (χ0v) is 13.8. The fourth-order valence-electron chi connectivity index (χ4n) is 2.01. The number of urea groups is 1. The highest BCUT2D eigenvalue weighted by Crippen LogP contribution is 2.10. The molecular formula is C15H22N6O2. The van der Waals surface area contributed by atoms with Crippen LogP contribution >= 0.6 is 0 Å². The Labute approximate surface area is 135 Å². The summed E-state index contributed by atoms with van der Waals surface area (Å²) in [5, 5.41) is 13.4. The van der Waals surface area contributed by atoms with Gasteiger partial charge in [-0.1, -0.05) is 6.07 Å². The van der Waals surface area contributed by atoms with Crippen molar-refractivity contribution in [2.45, 2.75) is 39.5 Å². The van der Waals surface area contributed by atoms with Gasteiger partial charge < -0.3 is 19.9 Å². The molecule has 0 fully saturated rings. The van der Waals surface area contributed by atoms with Crippen LogP contribution in [0.4, 0.5) is 4.79 Å². The van der Waals surface area contributed by atoms with Crippen LogP contribution in [-0.4, -0.2) is 31.9 Å². The van der Waals surface area contributed by atoms with E-state index in [0.717, 1.165) is 5.56 Å². The SMILES string of the molecule is CC(C)Oc1ccc(CNC(=O)N[C@H](C)c2nncn2C)cn1. The molecule has 0 aliphatic carbocycles. The summed E-state index contributed by atoms with van der Waals surface area (Å²) < 4.78 is 7.24. The third-order valence-corrected chi connectivity index (χ3v) is 3.09. The predicted octanol–water partition coefficient (Wildman–Crippen LogP) is 1.56. The number of pyridine rings is 1. The van der Waals surface area contributed by atoms with Crippen molar-refractivity contribution >= 4 is 6.03 Å². The minimum absolute atomic E-state index is 0.0827. The quantitative estimate of drug-likeness (QED) is 0.843. The molecule has 0 saturated carbocycles. The van der Waals surface area contributed by atoms with Gasteiger partial charge in [-0.25, -0.2) is 9.78 Å². The standard InChI is InChI=1S/C15H22N6O2/c1-10(2)23-13-6-5-12(7-16-13)8-17-15(22)19-11(3)14-20-18-9-21(14)4/h5-7,9-11H,8H2,1-4H3,(H2,17,19,22)/t11-/m1/s1. The molecule has 2 heterocycles. The minimum Gasteiger partial charge on any atom is -0.475 e. The number of ether oxygens (including phenoxy) is 1. The maximum atomic E-state index is 11.9. The third kappa shape index (κ3) is 4.94. The molecule has 124 valence electrons. The Morgan fingerprint density at radius 1 is 1.35 bits per heavy atom. The number of aryl methyl sites for hydroxylation is 1. The van der Waals surface area contributed by atoms with Gasteiger partial charge in [0.2, 0.25) is 5.88 Å². The molecule has 0 spiro atoms. The van der Waals surface area contributed by atoms with Crippen molar-refractivity contribution in [3.63, 3.8) is 0 Å². The number of hydrogen-bond acceptors (Lipinski definition) is 5. The van der Waals surface area contributed by atoms with Gasteiger partial charge in [0.15, 0.2) is 5.82 Å². The van der Waals surface area contributed by atoms with Gasteiger partial charge >= 0.3 is 6.03 Å². The molecule has 2 amide bonds. The second kappa shape index (κ2) is 7.57. The van der Waals surface area contributed by atoms with Gasteiger partial charge in [-0.2, -0.15) is 0 Å². The lowest BCUT2D eigenvalue weighted by Gasteiger charge is -2.14. The third-order valence-electron chi connectivity index (χ3n) is 3.09. The van der Waals surface area contributed by atoms with E-state index >= 15 is 0 Å². The van der Waals surface area contributed by atoms with Crippen molar-refractivity contribution in [2.24, 2.45) is 7.05 Å². The Bertz CT molecular complexity index is 638. The molecule has 2 aromatic heterocycles. The van der Waals surface area contributed by atoms with Crippen LogP contribution in [0, 0.1) is 0 Å². The Kier molecular flexibility index (Phi) is 5.51. The molecule has 2 rings (SSSR count). The molecule has 0 aromatic carbocycles. The number of rotatable bonds is 6. The van der Waals surface area contributed by atoms with Crippen molar-refractivity contribution in [1.29, 1.82) is 0 Å². The summed E-state index contributed by atoms with van der Waals surface area (Å²) in [4.78, 5) is 16.1. The molecule has 8 heteroatoms. The van der Waals surface area contributed by atoms with Gasteiger partial charge in [-0.15, -0.1) is 10.2 Å². The van der Waals surface area contributed by atoms with Gasteiger partial charge in [-0.05, 0) is 26.3 Å². The summed E-state index contributed by atoms with van der Waals surface area (Å²) in [6.45, 7) is 6.12. The van der Waals surface area contributed by atoms with E-state index in [1.807, 2.05) is 33.9 Å². The van der Waals surface area contributed by atoms with Crippen molar-refractivity contribution in [2.75, 3.05) is 0 Å². The molecule has 0 radical (unpaired) electrons. The van der Waals surface area contributed by atoms with Crippen LogP contribution < -0.4 is 15.4 Å². The van der Waals surface area contributed by atoms with E-state index in [1.54, 1.807) is 23.2 Å². The summed E-state index contributed by atoms with van der Waals surface area (Å²) >= 11 is 0. The summed E-state index contributed by atoms with van der Waals surface area (Å²) in [6, 6.07) is 3.15. The fourth-order valence-corrected chi connectivity index (χ4v) is 2.01. The topological polar surface area (TPSA) is 94.0 Å². The fraction of sp³-hybridized carbons (Fsp3) is 0.467. The molecule has 0 aliphatic rings. The minimum atomic E-state index is -0.275. The van der Waals surface area contributed by atoms with E-state index in [-0.39, 0.29) is 18.2 Å². The molecule has 0 aliphatic heterocycles. The normalized spacial score (nSPS) is 12.0. The van der Waals surface area contributed by atoms with E-state index in [0.29, 0.717) is 18.2 Å². The Balaban J connectivity index is 1.81. The number of amides is 2. The molecule has 0 unspecified atom stereocenters. The highest BCUT2D eigenvalue weighted by molar-refractivity contribution is 5.74. The van der Waals surface area contributed by atoms with Crippen molar-refractivity contribution in [3.8, 4) is 5.88 Å². The first-order valence-corrected chi connectivity index (χ1v) is 7.45. The average molecular weight is 318 g/mol. The van der Waals surface area contributed by atoms with Crippen LogP contribution in [0.3, 0.4) is 0 Å². The Morgan fingerprint density at radius 3 is 2.70 bits per heavy atom. The number of carbonyl (C=O) groups excluding carboxylic acids is 1. The second-order valence-corrected chi connectivity index (χ2v) is 5.52. The molecule has 2 N–H and O–H groups in total. The maximum absolute atomic E-state index is 11.9. The second-order valence-electron chi connectivity index (χ2n) is 5.52. The van der Waals surface area contributed by atoms with E-state index < -0.39 is 0 Å². The lowest BCUT2D eigenvalue weighted by atomic mass is 10.3. The average Bonchev–Trinajstić information content (AvgIpc) is 2.92. The van der Waals surface area contributed by atoms with Gasteiger partial charge in [0.05, 0.1) is 12.1 Å². The summed E-state index contributed by atoms with van der Waals surface area (Å²) in [6.07, 6.45) is 3.36. The monoisotopic (exact) mass is 318 g/mol. The van der Waals surface area contributed by atoms with Gasteiger partial charge in [-0.3, -0.25) is 0 Å². The van der Waals surface area contributed by atoms with Crippen LogP contribution in [-0.2, 0) is 13.6 Å². The summed E-state index contributed by atoms with van der Waals surface area (Å²) in [7, 11) is 1.83. The zero-order chi connectivity index (χ0) is 16.8. The Hall–Kier alpha value is -2.64. The first-order chi connectivity index (χ1) is 11.0. The number of carbonyl (C=O) groups is 1. The highest BCUT2D eigenvalue weighted by Gasteiger charge is 2.13. The first kappa shape index (κ1) is 16.7. The Morgan fingerprint density at radius 2 is 2.13 bits per heavy atom. The van der Waals surface area contributed by atoms with Crippen LogP contribution in [0.1, 0.15) is 38.2 Å². The van der Waals surface area contributed by atoms with E-state index in [2.05, 4.69) is 25.8 Å². The molecule has 1 atom stereocenters. The largest absolute Gasteiger partial charge is 0.475 e. The molecule has 0 bridgehead atoms. The first-order valence-electron chi connectivity index (χ1n) is 7.45. The number of hydrogen-bond donors (Lipinski definition) is 2. The molecule has 0 saturated heterocycles. The van der Waals surface area contributed by atoms with E-state index in [9.17, 15) is 4.79 Å². The predicted molar refractivity (Wildman–Crippen MR) is 84.8 cm³/mol. The van der Waals surface area contributed by atoms with Crippen LogP contribution in [0.25, 0.3) is 0 Å². The number of nitrogens with zero attached hydrogens (tertiary/aromatic N) is 4. The van der Waals surface area contributed by atoms with Crippen LogP contribution in [0.15, 0.2) is 24.7 Å². The van der Waals surface area contributed by atoms with Crippen molar-refractivity contribution in [1.82, 2.24) is 30.4 Å². The highest BCUT2D eigenvalue weighted by atomic mass is 16.5. The lowest BCUT2D eigenvalue weighted by molar-refractivity contribution is 0.232. The molecule has 8 nitrogen and oxygen atoms in total.